The third-order valence-corrected chi connectivity index (χ3v) is 3.43. The molecule has 1 aromatic heterocycles. The summed E-state index contributed by atoms with van der Waals surface area (Å²) in [6, 6.07) is 6.05. The van der Waals surface area contributed by atoms with Gasteiger partial charge in [-0.05, 0) is 24.1 Å². The minimum atomic E-state index is -0.880. The topological polar surface area (TPSA) is 50.2 Å². The second-order valence-electron chi connectivity index (χ2n) is 4.00. The molecule has 0 aliphatic rings. The van der Waals surface area contributed by atoms with Gasteiger partial charge < -0.3 is 5.11 Å². The summed E-state index contributed by atoms with van der Waals surface area (Å²) in [5, 5.41) is 11.8. The van der Waals surface area contributed by atoms with Gasteiger partial charge in [-0.1, -0.05) is 12.1 Å². The van der Waals surface area contributed by atoms with Crippen molar-refractivity contribution in [2.75, 3.05) is 0 Å². The summed E-state index contributed by atoms with van der Waals surface area (Å²) in [6.07, 6.45) is 2.34. The molecule has 0 fully saturated rings. The molecule has 0 bridgehead atoms. The number of benzene rings is 1. The Balaban J connectivity index is 2.09. The van der Waals surface area contributed by atoms with E-state index in [0.29, 0.717) is 18.4 Å². The van der Waals surface area contributed by atoms with Gasteiger partial charge in [-0.15, -0.1) is 11.3 Å². The Morgan fingerprint density at radius 2 is 2.28 bits per heavy atom. The quantitative estimate of drug-likeness (QED) is 0.904. The number of rotatable bonds is 5. The lowest BCUT2D eigenvalue weighted by Gasteiger charge is -2.10. The highest BCUT2D eigenvalue weighted by Crippen LogP contribution is 2.17. The third-order valence-electron chi connectivity index (χ3n) is 2.62. The molecule has 0 saturated heterocycles. The van der Waals surface area contributed by atoms with Crippen LogP contribution in [0, 0.1) is 11.7 Å². The molecule has 0 spiro atoms. The maximum atomic E-state index is 13.0. The van der Waals surface area contributed by atoms with Crippen LogP contribution in [0.15, 0.2) is 35.8 Å². The van der Waals surface area contributed by atoms with E-state index >= 15 is 0 Å². The lowest BCUT2D eigenvalue weighted by molar-refractivity contribution is -0.141. The standard InChI is InChI=1S/C13H12FNO2S/c14-11-3-1-2-9(7-11)6-10(13(16)17)8-12-15-4-5-18-12/h1-5,7,10H,6,8H2,(H,16,17). The Bertz CT molecular complexity index is 528. The van der Waals surface area contributed by atoms with E-state index in [1.165, 1.54) is 23.5 Å². The number of thiazole rings is 1. The highest BCUT2D eigenvalue weighted by molar-refractivity contribution is 7.09. The first-order valence-electron chi connectivity index (χ1n) is 5.51. The largest absolute Gasteiger partial charge is 0.481 e. The van der Waals surface area contributed by atoms with Crippen molar-refractivity contribution in [3.05, 3.63) is 52.2 Å². The summed E-state index contributed by atoms with van der Waals surface area (Å²) in [5.41, 5.74) is 0.693. The summed E-state index contributed by atoms with van der Waals surface area (Å²) < 4.78 is 13.0. The Morgan fingerprint density at radius 1 is 1.44 bits per heavy atom. The highest BCUT2D eigenvalue weighted by Gasteiger charge is 2.19. The minimum absolute atomic E-state index is 0.312. The zero-order chi connectivity index (χ0) is 13.0. The number of nitrogens with zero attached hydrogens (tertiary/aromatic N) is 1. The summed E-state index contributed by atoms with van der Waals surface area (Å²) in [7, 11) is 0. The molecular weight excluding hydrogens is 253 g/mol. The van der Waals surface area contributed by atoms with Gasteiger partial charge in [0.15, 0.2) is 0 Å². The van der Waals surface area contributed by atoms with E-state index in [2.05, 4.69) is 4.98 Å². The third kappa shape index (κ3) is 3.37. The first-order valence-corrected chi connectivity index (χ1v) is 6.38. The number of carboxylic acids is 1. The summed E-state index contributed by atoms with van der Waals surface area (Å²) in [4.78, 5) is 15.3. The predicted octanol–water partition coefficient (Wildman–Crippen LogP) is 2.77. The average Bonchev–Trinajstić information content (AvgIpc) is 2.81. The van der Waals surface area contributed by atoms with Crippen LogP contribution in [0.1, 0.15) is 10.6 Å². The highest BCUT2D eigenvalue weighted by atomic mass is 32.1. The fraction of sp³-hybridized carbons (Fsp3) is 0.231. The molecule has 0 saturated carbocycles. The first-order chi connectivity index (χ1) is 8.65. The van der Waals surface area contributed by atoms with Crippen molar-refractivity contribution in [2.24, 2.45) is 5.92 Å². The second-order valence-corrected chi connectivity index (χ2v) is 4.98. The molecular formula is C13H12FNO2S. The molecule has 0 amide bonds. The molecule has 1 heterocycles. The van der Waals surface area contributed by atoms with E-state index in [1.54, 1.807) is 18.3 Å². The van der Waals surface area contributed by atoms with Crippen LogP contribution in [-0.4, -0.2) is 16.1 Å². The number of halogens is 1. The number of carbonyl (C=O) groups is 1. The second kappa shape index (κ2) is 5.73. The molecule has 2 aromatic rings. The van der Waals surface area contributed by atoms with E-state index < -0.39 is 11.9 Å². The minimum Gasteiger partial charge on any atom is -0.481 e. The van der Waals surface area contributed by atoms with Crippen LogP contribution in [0.3, 0.4) is 0 Å². The Morgan fingerprint density at radius 3 is 2.89 bits per heavy atom. The number of hydrogen-bond donors (Lipinski definition) is 1. The number of hydrogen-bond acceptors (Lipinski definition) is 3. The normalized spacial score (nSPS) is 12.3. The monoisotopic (exact) mass is 265 g/mol. The van der Waals surface area contributed by atoms with Gasteiger partial charge in [-0.25, -0.2) is 9.37 Å². The van der Waals surface area contributed by atoms with Crippen molar-refractivity contribution in [3.63, 3.8) is 0 Å². The summed E-state index contributed by atoms with van der Waals surface area (Å²) in [5.74, 6) is -1.79. The Hall–Kier alpha value is -1.75. The zero-order valence-corrected chi connectivity index (χ0v) is 10.4. The molecule has 1 N–H and O–H groups in total. The van der Waals surface area contributed by atoms with Crippen molar-refractivity contribution in [2.45, 2.75) is 12.8 Å². The summed E-state index contributed by atoms with van der Waals surface area (Å²) in [6.45, 7) is 0. The number of aliphatic carboxylic acids is 1. The van der Waals surface area contributed by atoms with Gasteiger partial charge in [0.25, 0.3) is 0 Å². The molecule has 5 heteroatoms. The van der Waals surface area contributed by atoms with Crippen LogP contribution in [0.2, 0.25) is 0 Å². The van der Waals surface area contributed by atoms with Crippen molar-refractivity contribution in [3.8, 4) is 0 Å². The van der Waals surface area contributed by atoms with Crippen LogP contribution in [0.4, 0.5) is 4.39 Å². The van der Waals surface area contributed by atoms with E-state index in [9.17, 15) is 14.3 Å². The van der Waals surface area contributed by atoms with E-state index in [1.807, 2.05) is 5.38 Å². The van der Waals surface area contributed by atoms with Crippen LogP contribution in [-0.2, 0) is 17.6 Å². The lowest BCUT2D eigenvalue weighted by Crippen LogP contribution is -2.19. The Labute approximate surface area is 108 Å². The molecule has 1 atom stereocenters. The van der Waals surface area contributed by atoms with Crippen molar-refractivity contribution in [1.82, 2.24) is 4.98 Å². The molecule has 2 rings (SSSR count). The number of carboxylic acid groups (broad SMARTS) is 1. The van der Waals surface area contributed by atoms with Crippen molar-refractivity contribution >= 4 is 17.3 Å². The van der Waals surface area contributed by atoms with Gasteiger partial charge in [0, 0.05) is 18.0 Å². The van der Waals surface area contributed by atoms with Crippen LogP contribution in [0.25, 0.3) is 0 Å². The van der Waals surface area contributed by atoms with Crippen molar-refractivity contribution in [1.29, 1.82) is 0 Å². The maximum absolute atomic E-state index is 13.0. The summed E-state index contributed by atoms with van der Waals surface area (Å²) >= 11 is 1.43. The van der Waals surface area contributed by atoms with E-state index in [0.717, 1.165) is 5.01 Å². The van der Waals surface area contributed by atoms with Crippen molar-refractivity contribution < 1.29 is 14.3 Å². The Kier molecular flexibility index (Phi) is 4.04. The van der Waals surface area contributed by atoms with Gasteiger partial charge in [0.05, 0.1) is 10.9 Å². The number of aromatic nitrogens is 1. The predicted molar refractivity (Wildman–Crippen MR) is 67.0 cm³/mol. The maximum Gasteiger partial charge on any atom is 0.307 e. The zero-order valence-electron chi connectivity index (χ0n) is 9.54. The van der Waals surface area contributed by atoms with Gasteiger partial charge in [0.1, 0.15) is 5.82 Å². The average molecular weight is 265 g/mol. The fourth-order valence-corrected chi connectivity index (χ4v) is 2.46. The van der Waals surface area contributed by atoms with Gasteiger partial charge in [0.2, 0.25) is 0 Å². The van der Waals surface area contributed by atoms with Crippen LogP contribution < -0.4 is 0 Å². The molecule has 0 radical (unpaired) electrons. The first kappa shape index (κ1) is 12.7. The van der Waals surface area contributed by atoms with Crippen LogP contribution in [0.5, 0.6) is 0 Å². The molecule has 0 aliphatic carbocycles. The van der Waals surface area contributed by atoms with Crippen LogP contribution >= 0.6 is 11.3 Å². The lowest BCUT2D eigenvalue weighted by atomic mass is 9.96. The molecule has 18 heavy (non-hydrogen) atoms. The van der Waals surface area contributed by atoms with Gasteiger partial charge >= 0.3 is 5.97 Å². The SMILES string of the molecule is O=C(O)C(Cc1cccc(F)c1)Cc1nccs1. The van der Waals surface area contributed by atoms with Gasteiger partial charge in [-0.2, -0.15) is 0 Å². The van der Waals surface area contributed by atoms with Gasteiger partial charge in [-0.3, -0.25) is 4.79 Å². The molecule has 3 nitrogen and oxygen atoms in total. The van der Waals surface area contributed by atoms with E-state index in [4.69, 9.17) is 0 Å². The molecule has 1 aromatic carbocycles. The molecule has 0 aliphatic heterocycles. The smallest absolute Gasteiger partial charge is 0.307 e. The fourth-order valence-electron chi connectivity index (χ4n) is 1.76. The molecule has 1 unspecified atom stereocenters. The van der Waals surface area contributed by atoms with E-state index in [-0.39, 0.29) is 5.82 Å². The molecule has 94 valence electrons.